The summed E-state index contributed by atoms with van der Waals surface area (Å²) in [4.78, 5) is 0. The van der Waals surface area contributed by atoms with Crippen LogP contribution in [0.3, 0.4) is 0 Å². The molecule has 94 valence electrons. The highest BCUT2D eigenvalue weighted by Crippen LogP contribution is 2.29. The normalized spacial score (nSPS) is 18.1. The second-order valence-corrected chi connectivity index (χ2v) is 5.67. The molecule has 1 atom stereocenters. The van der Waals surface area contributed by atoms with Crippen molar-refractivity contribution >= 4 is 0 Å². The Morgan fingerprint density at radius 3 is 2.41 bits per heavy atom. The van der Waals surface area contributed by atoms with Crippen molar-refractivity contribution in [2.75, 3.05) is 6.54 Å². The lowest BCUT2D eigenvalue weighted by atomic mass is 9.83. The van der Waals surface area contributed by atoms with Crippen LogP contribution in [-0.4, -0.2) is 6.54 Å². The van der Waals surface area contributed by atoms with E-state index in [1.165, 1.54) is 37.8 Å². The molecule has 17 heavy (non-hydrogen) atoms. The van der Waals surface area contributed by atoms with Gasteiger partial charge < -0.3 is 5.32 Å². The molecular formula is C16H25N. The van der Waals surface area contributed by atoms with Crippen LogP contribution in [0.25, 0.3) is 0 Å². The first-order valence-electron chi connectivity index (χ1n) is 7.05. The topological polar surface area (TPSA) is 12.0 Å². The first-order chi connectivity index (χ1) is 8.27. The van der Waals surface area contributed by atoms with Crippen LogP contribution in [0.2, 0.25) is 0 Å². The fourth-order valence-corrected chi connectivity index (χ4v) is 2.62. The zero-order valence-corrected chi connectivity index (χ0v) is 11.2. The quantitative estimate of drug-likeness (QED) is 0.775. The summed E-state index contributed by atoms with van der Waals surface area (Å²) in [6, 6.07) is 11.4. The molecule has 2 rings (SSSR count). The van der Waals surface area contributed by atoms with Crippen LogP contribution in [0, 0.1) is 11.8 Å². The molecule has 0 heterocycles. The van der Waals surface area contributed by atoms with Crippen LogP contribution in [0.15, 0.2) is 30.3 Å². The Hall–Kier alpha value is -0.820. The Morgan fingerprint density at radius 2 is 1.88 bits per heavy atom. The maximum absolute atomic E-state index is 3.73. The number of rotatable bonds is 6. The van der Waals surface area contributed by atoms with Crippen molar-refractivity contribution < 1.29 is 0 Å². The van der Waals surface area contributed by atoms with E-state index in [2.05, 4.69) is 49.5 Å². The van der Waals surface area contributed by atoms with E-state index < -0.39 is 0 Å². The lowest BCUT2D eigenvalue weighted by molar-refractivity contribution is 0.280. The van der Waals surface area contributed by atoms with Crippen LogP contribution < -0.4 is 5.32 Å². The average molecular weight is 231 g/mol. The SMILES string of the molecule is CC(C)C(NCCC1CCC1)c1ccccc1. The molecule has 0 saturated heterocycles. The predicted molar refractivity (Wildman–Crippen MR) is 74.0 cm³/mol. The minimum Gasteiger partial charge on any atom is -0.310 e. The molecule has 0 aromatic heterocycles. The lowest BCUT2D eigenvalue weighted by Gasteiger charge is -2.28. The van der Waals surface area contributed by atoms with Crippen molar-refractivity contribution in [3.8, 4) is 0 Å². The van der Waals surface area contributed by atoms with E-state index in [1.54, 1.807) is 0 Å². The molecule has 1 aromatic carbocycles. The molecule has 0 amide bonds. The van der Waals surface area contributed by atoms with Crippen molar-refractivity contribution in [2.24, 2.45) is 11.8 Å². The standard InChI is InChI=1S/C16H25N/c1-13(2)16(15-9-4-3-5-10-15)17-12-11-14-7-6-8-14/h3-5,9-10,13-14,16-17H,6-8,11-12H2,1-2H3. The van der Waals surface area contributed by atoms with Crippen molar-refractivity contribution in [1.29, 1.82) is 0 Å². The number of hydrogen-bond donors (Lipinski definition) is 1. The summed E-state index contributed by atoms with van der Waals surface area (Å²) >= 11 is 0. The number of hydrogen-bond acceptors (Lipinski definition) is 1. The number of nitrogens with one attached hydrogen (secondary N) is 1. The first-order valence-corrected chi connectivity index (χ1v) is 7.05. The van der Waals surface area contributed by atoms with E-state index in [0.29, 0.717) is 12.0 Å². The lowest BCUT2D eigenvalue weighted by Crippen LogP contribution is -2.28. The third-order valence-corrected chi connectivity index (χ3v) is 3.97. The summed E-state index contributed by atoms with van der Waals surface area (Å²) < 4.78 is 0. The van der Waals surface area contributed by atoms with Gasteiger partial charge in [-0.05, 0) is 30.4 Å². The molecule has 1 fully saturated rings. The number of benzene rings is 1. The van der Waals surface area contributed by atoms with Crippen LogP contribution in [0.1, 0.15) is 51.1 Å². The summed E-state index contributed by atoms with van der Waals surface area (Å²) in [5.74, 6) is 1.66. The summed E-state index contributed by atoms with van der Waals surface area (Å²) in [5.41, 5.74) is 1.43. The molecule has 1 unspecified atom stereocenters. The van der Waals surface area contributed by atoms with E-state index in [4.69, 9.17) is 0 Å². The molecule has 1 heteroatoms. The zero-order valence-electron chi connectivity index (χ0n) is 11.2. The fourth-order valence-electron chi connectivity index (χ4n) is 2.62. The van der Waals surface area contributed by atoms with E-state index in [1.807, 2.05) is 0 Å². The molecule has 0 radical (unpaired) electrons. The highest BCUT2D eigenvalue weighted by Gasteiger charge is 2.19. The zero-order chi connectivity index (χ0) is 12.1. The minimum atomic E-state index is 0.510. The highest BCUT2D eigenvalue weighted by molar-refractivity contribution is 5.19. The van der Waals surface area contributed by atoms with Crippen LogP contribution in [0.4, 0.5) is 0 Å². The molecule has 1 aromatic rings. The Balaban J connectivity index is 1.84. The van der Waals surface area contributed by atoms with E-state index in [0.717, 1.165) is 5.92 Å². The molecule has 1 aliphatic rings. The average Bonchev–Trinajstić information content (AvgIpc) is 2.27. The molecular weight excluding hydrogens is 206 g/mol. The van der Waals surface area contributed by atoms with Crippen LogP contribution in [-0.2, 0) is 0 Å². The van der Waals surface area contributed by atoms with Gasteiger partial charge in [0, 0.05) is 6.04 Å². The molecule has 0 bridgehead atoms. The second kappa shape index (κ2) is 6.20. The molecule has 1 aliphatic carbocycles. The maximum atomic E-state index is 3.73. The van der Waals surface area contributed by atoms with Crippen molar-refractivity contribution in [3.63, 3.8) is 0 Å². The monoisotopic (exact) mass is 231 g/mol. The van der Waals surface area contributed by atoms with Gasteiger partial charge in [-0.3, -0.25) is 0 Å². The van der Waals surface area contributed by atoms with Gasteiger partial charge in [-0.15, -0.1) is 0 Å². The summed E-state index contributed by atoms with van der Waals surface area (Å²) in [5, 5.41) is 3.73. The smallest absolute Gasteiger partial charge is 0.0343 e. The van der Waals surface area contributed by atoms with E-state index >= 15 is 0 Å². The Labute approximate surface area is 106 Å². The van der Waals surface area contributed by atoms with Crippen molar-refractivity contribution in [2.45, 2.75) is 45.6 Å². The second-order valence-electron chi connectivity index (χ2n) is 5.67. The van der Waals surface area contributed by atoms with Crippen LogP contribution >= 0.6 is 0 Å². The first kappa shape index (κ1) is 12.6. The van der Waals surface area contributed by atoms with Gasteiger partial charge in [0.2, 0.25) is 0 Å². The van der Waals surface area contributed by atoms with Gasteiger partial charge in [-0.1, -0.05) is 63.4 Å². The van der Waals surface area contributed by atoms with Gasteiger partial charge >= 0.3 is 0 Å². The van der Waals surface area contributed by atoms with Gasteiger partial charge in [0.25, 0.3) is 0 Å². The fraction of sp³-hybridized carbons (Fsp3) is 0.625. The van der Waals surface area contributed by atoms with E-state index in [-0.39, 0.29) is 0 Å². The highest BCUT2D eigenvalue weighted by atomic mass is 14.9. The molecule has 0 spiro atoms. The van der Waals surface area contributed by atoms with Gasteiger partial charge in [-0.2, -0.15) is 0 Å². The largest absolute Gasteiger partial charge is 0.310 e. The Kier molecular flexibility index (Phi) is 4.61. The summed E-state index contributed by atoms with van der Waals surface area (Å²) in [7, 11) is 0. The third kappa shape index (κ3) is 3.57. The Morgan fingerprint density at radius 1 is 1.18 bits per heavy atom. The molecule has 1 N–H and O–H groups in total. The van der Waals surface area contributed by atoms with Crippen molar-refractivity contribution in [3.05, 3.63) is 35.9 Å². The van der Waals surface area contributed by atoms with Crippen molar-refractivity contribution in [1.82, 2.24) is 5.32 Å². The third-order valence-electron chi connectivity index (χ3n) is 3.97. The molecule has 1 nitrogen and oxygen atoms in total. The van der Waals surface area contributed by atoms with Crippen LogP contribution in [0.5, 0.6) is 0 Å². The summed E-state index contributed by atoms with van der Waals surface area (Å²) in [6.45, 7) is 5.77. The maximum Gasteiger partial charge on any atom is 0.0343 e. The minimum absolute atomic E-state index is 0.510. The molecule has 1 saturated carbocycles. The van der Waals surface area contributed by atoms with E-state index in [9.17, 15) is 0 Å². The van der Waals surface area contributed by atoms with Gasteiger partial charge in [-0.25, -0.2) is 0 Å². The van der Waals surface area contributed by atoms with Gasteiger partial charge in [0.15, 0.2) is 0 Å². The predicted octanol–water partition coefficient (Wildman–Crippen LogP) is 4.16. The summed E-state index contributed by atoms with van der Waals surface area (Å²) in [6.07, 6.45) is 5.73. The van der Waals surface area contributed by atoms with Gasteiger partial charge in [0.1, 0.15) is 0 Å². The molecule has 0 aliphatic heterocycles. The van der Waals surface area contributed by atoms with Gasteiger partial charge in [0.05, 0.1) is 0 Å². The Bertz CT molecular complexity index is 314.